The number of hydrogen-bond donors (Lipinski definition) is 2. The highest BCUT2D eigenvalue weighted by Crippen LogP contribution is 2.39. The molecule has 0 aliphatic carbocycles. The fourth-order valence-electron chi connectivity index (χ4n) is 2.41. The number of nitrogens with two attached hydrogens (primary N) is 1. The topological polar surface area (TPSA) is 76.7 Å². The van der Waals surface area contributed by atoms with Gasteiger partial charge in [0.25, 0.3) is 0 Å². The zero-order valence-corrected chi connectivity index (χ0v) is 12.5. The molecule has 0 unspecified atom stereocenters. The molecule has 9 heteroatoms. The summed E-state index contributed by atoms with van der Waals surface area (Å²) in [4.78, 5) is 10.9. The van der Waals surface area contributed by atoms with Gasteiger partial charge >= 0.3 is 12.3 Å². The van der Waals surface area contributed by atoms with E-state index in [4.69, 9.17) is 5.73 Å². The number of amides is 1. The molecule has 1 amide bonds. The number of ether oxygens (including phenoxy) is 1. The molecule has 0 aromatic heterocycles. The maximum atomic E-state index is 14.2. The standard InChI is InChI=1S/C16H11F4N3O2/c17-14-10(2-1-3-12(14)21)9-5-4-8(6-11(9)16(18,19)20)13-7-25-15(24)23-22-13/h1-6H,7,21H2,(H,23,24). The molecular formula is C16H11F4N3O2. The monoisotopic (exact) mass is 353 g/mol. The normalized spacial score (nSPS) is 14.6. The molecule has 0 bridgehead atoms. The molecule has 0 saturated heterocycles. The van der Waals surface area contributed by atoms with E-state index in [0.717, 1.165) is 12.1 Å². The maximum absolute atomic E-state index is 14.2. The van der Waals surface area contributed by atoms with Crippen LogP contribution in [-0.2, 0) is 10.9 Å². The van der Waals surface area contributed by atoms with E-state index in [2.05, 4.69) is 9.84 Å². The zero-order chi connectivity index (χ0) is 18.2. The summed E-state index contributed by atoms with van der Waals surface area (Å²) in [7, 11) is 0. The number of carbonyl (C=O) groups excluding carboxylic acids is 1. The third-order valence-electron chi connectivity index (χ3n) is 3.60. The van der Waals surface area contributed by atoms with Crippen molar-refractivity contribution in [2.24, 2.45) is 5.10 Å². The largest absolute Gasteiger partial charge is 0.442 e. The minimum Gasteiger partial charge on any atom is -0.442 e. The Morgan fingerprint density at radius 2 is 1.92 bits per heavy atom. The van der Waals surface area contributed by atoms with Gasteiger partial charge in [0.05, 0.1) is 11.3 Å². The molecule has 25 heavy (non-hydrogen) atoms. The van der Waals surface area contributed by atoms with Crippen LogP contribution in [0, 0.1) is 5.82 Å². The summed E-state index contributed by atoms with van der Waals surface area (Å²) in [5.74, 6) is -0.925. The Balaban J connectivity index is 2.14. The van der Waals surface area contributed by atoms with Crippen LogP contribution in [0.25, 0.3) is 11.1 Å². The minimum absolute atomic E-state index is 0.0976. The molecule has 5 nitrogen and oxygen atoms in total. The fraction of sp³-hybridized carbons (Fsp3) is 0.125. The van der Waals surface area contributed by atoms with E-state index in [-0.39, 0.29) is 34.7 Å². The predicted octanol–water partition coefficient (Wildman–Crippen LogP) is 3.54. The molecule has 130 valence electrons. The van der Waals surface area contributed by atoms with Crippen molar-refractivity contribution in [2.45, 2.75) is 6.18 Å². The lowest BCUT2D eigenvalue weighted by Crippen LogP contribution is -2.30. The van der Waals surface area contributed by atoms with E-state index in [9.17, 15) is 22.4 Å². The van der Waals surface area contributed by atoms with Crippen LogP contribution in [0.3, 0.4) is 0 Å². The van der Waals surface area contributed by atoms with Gasteiger partial charge in [0.1, 0.15) is 12.3 Å². The van der Waals surface area contributed by atoms with Crippen molar-refractivity contribution in [1.29, 1.82) is 0 Å². The Hall–Kier alpha value is -3.10. The Labute approximate surface area is 139 Å². The summed E-state index contributed by atoms with van der Waals surface area (Å²) in [5, 5.41) is 3.67. The second-order valence-electron chi connectivity index (χ2n) is 5.21. The Bertz CT molecular complexity index is 878. The number of nitrogens with one attached hydrogen (secondary N) is 1. The van der Waals surface area contributed by atoms with E-state index >= 15 is 0 Å². The number of hydrazone groups is 1. The third-order valence-corrected chi connectivity index (χ3v) is 3.60. The molecular weight excluding hydrogens is 342 g/mol. The van der Waals surface area contributed by atoms with Gasteiger partial charge in [0.15, 0.2) is 5.82 Å². The van der Waals surface area contributed by atoms with Gasteiger partial charge in [-0.1, -0.05) is 24.3 Å². The minimum atomic E-state index is -4.73. The lowest BCUT2D eigenvalue weighted by Gasteiger charge is -2.18. The van der Waals surface area contributed by atoms with Crippen molar-refractivity contribution >= 4 is 17.5 Å². The number of hydrogen-bond acceptors (Lipinski definition) is 4. The van der Waals surface area contributed by atoms with Crippen molar-refractivity contribution in [3.8, 4) is 11.1 Å². The second kappa shape index (κ2) is 6.08. The molecule has 0 fully saturated rings. The van der Waals surface area contributed by atoms with Gasteiger partial charge in [-0.05, 0) is 17.7 Å². The molecule has 0 atom stereocenters. The van der Waals surface area contributed by atoms with E-state index in [1.807, 2.05) is 5.43 Å². The van der Waals surface area contributed by atoms with Crippen LogP contribution in [0.1, 0.15) is 11.1 Å². The summed E-state index contributed by atoms with van der Waals surface area (Å²) in [5.41, 5.74) is 5.78. The lowest BCUT2D eigenvalue weighted by atomic mass is 9.95. The number of nitrogen functional groups attached to an aromatic ring is 1. The summed E-state index contributed by atoms with van der Waals surface area (Å²) in [6.45, 7) is -0.269. The van der Waals surface area contributed by atoms with Gasteiger partial charge in [0.2, 0.25) is 0 Å². The molecule has 3 N–H and O–H groups in total. The summed E-state index contributed by atoms with van der Waals surface area (Å²) >= 11 is 0. The Morgan fingerprint density at radius 3 is 2.56 bits per heavy atom. The number of benzene rings is 2. The first-order valence-electron chi connectivity index (χ1n) is 7.02. The number of cyclic esters (lactones) is 1. The lowest BCUT2D eigenvalue weighted by molar-refractivity contribution is -0.137. The number of rotatable bonds is 2. The molecule has 1 aliphatic heterocycles. The number of halogens is 4. The van der Waals surface area contributed by atoms with Gasteiger partial charge < -0.3 is 10.5 Å². The van der Waals surface area contributed by atoms with Crippen molar-refractivity contribution in [2.75, 3.05) is 12.3 Å². The highest BCUT2D eigenvalue weighted by molar-refractivity contribution is 6.04. The number of alkyl halides is 3. The molecule has 0 saturated carbocycles. The van der Waals surface area contributed by atoms with Crippen molar-refractivity contribution in [1.82, 2.24) is 5.43 Å². The molecule has 0 spiro atoms. The van der Waals surface area contributed by atoms with Crippen molar-refractivity contribution < 1.29 is 27.1 Å². The van der Waals surface area contributed by atoms with Crippen LogP contribution in [0.2, 0.25) is 0 Å². The third kappa shape index (κ3) is 3.25. The number of anilines is 1. The van der Waals surface area contributed by atoms with Crippen LogP contribution in [-0.4, -0.2) is 18.4 Å². The molecule has 3 rings (SSSR count). The average Bonchev–Trinajstić information content (AvgIpc) is 2.57. The predicted molar refractivity (Wildman–Crippen MR) is 82.3 cm³/mol. The van der Waals surface area contributed by atoms with Gasteiger partial charge in [-0.3, -0.25) is 0 Å². The van der Waals surface area contributed by atoms with E-state index in [0.29, 0.717) is 0 Å². The van der Waals surface area contributed by atoms with Crippen molar-refractivity contribution in [3.63, 3.8) is 0 Å². The van der Waals surface area contributed by atoms with E-state index in [1.165, 1.54) is 24.3 Å². The highest BCUT2D eigenvalue weighted by atomic mass is 19.4. The fourth-order valence-corrected chi connectivity index (χ4v) is 2.41. The highest BCUT2D eigenvalue weighted by Gasteiger charge is 2.35. The van der Waals surface area contributed by atoms with Crippen LogP contribution < -0.4 is 11.2 Å². The summed E-state index contributed by atoms with van der Waals surface area (Å²) in [6.07, 6.45) is -5.53. The first kappa shape index (κ1) is 16.7. The van der Waals surface area contributed by atoms with Crippen LogP contribution in [0.5, 0.6) is 0 Å². The summed E-state index contributed by atoms with van der Waals surface area (Å²) in [6, 6.07) is 7.16. The Morgan fingerprint density at radius 1 is 1.16 bits per heavy atom. The van der Waals surface area contributed by atoms with Crippen LogP contribution >= 0.6 is 0 Å². The number of carbonyl (C=O) groups is 1. The molecule has 1 heterocycles. The molecule has 2 aromatic rings. The quantitative estimate of drug-likeness (QED) is 0.640. The molecule has 0 radical (unpaired) electrons. The Kier molecular flexibility index (Phi) is 4.07. The van der Waals surface area contributed by atoms with E-state index < -0.39 is 23.7 Å². The van der Waals surface area contributed by atoms with E-state index in [1.54, 1.807) is 0 Å². The summed E-state index contributed by atoms with van der Waals surface area (Å²) < 4.78 is 59.3. The SMILES string of the molecule is Nc1cccc(-c2ccc(C3=NNC(=O)OC3)cc2C(F)(F)F)c1F. The van der Waals surface area contributed by atoms with Gasteiger partial charge in [-0.25, -0.2) is 14.6 Å². The van der Waals surface area contributed by atoms with Gasteiger partial charge in [0, 0.05) is 11.1 Å². The number of nitrogens with zero attached hydrogens (tertiary/aromatic N) is 1. The molecule has 1 aliphatic rings. The maximum Gasteiger partial charge on any atom is 0.428 e. The second-order valence-corrected chi connectivity index (χ2v) is 5.21. The first-order chi connectivity index (χ1) is 11.8. The molecule has 2 aromatic carbocycles. The average molecular weight is 353 g/mol. The first-order valence-corrected chi connectivity index (χ1v) is 7.02. The van der Waals surface area contributed by atoms with Gasteiger partial charge in [-0.15, -0.1) is 0 Å². The zero-order valence-electron chi connectivity index (χ0n) is 12.5. The van der Waals surface area contributed by atoms with Gasteiger partial charge in [-0.2, -0.15) is 18.3 Å². The van der Waals surface area contributed by atoms with Crippen LogP contribution in [0.4, 0.5) is 28.0 Å². The van der Waals surface area contributed by atoms with Crippen molar-refractivity contribution in [3.05, 3.63) is 53.3 Å². The van der Waals surface area contributed by atoms with Crippen LogP contribution in [0.15, 0.2) is 41.5 Å². The smallest absolute Gasteiger partial charge is 0.428 e.